The van der Waals surface area contributed by atoms with Crippen molar-refractivity contribution >= 4 is 23.7 Å². The van der Waals surface area contributed by atoms with E-state index in [9.17, 15) is 9.59 Å². The molecule has 80 valence electrons. The quantitative estimate of drug-likeness (QED) is 0.741. The summed E-state index contributed by atoms with van der Waals surface area (Å²) in [5.74, 6) is -0.121. The van der Waals surface area contributed by atoms with Crippen LogP contribution in [0, 0.1) is 13.8 Å². The SMILES string of the molecule is CC(=O)Nc1c(C)ccc(NC=O)c1C. The Kier molecular flexibility index (Phi) is 3.44. The first-order valence-electron chi connectivity index (χ1n) is 4.64. The van der Waals surface area contributed by atoms with Crippen molar-refractivity contribution in [1.29, 1.82) is 0 Å². The van der Waals surface area contributed by atoms with Crippen LogP contribution >= 0.6 is 0 Å². The third-order valence-electron chi connectivity index (χ3n) is 2.19. The minimum atomic E-state index is -0.121. The van der Waals surface area contributed by atoms with Gasteiger partial charge in [-0.15, -0.1) is 0 Å². The number of amides is 2. The maximum atomic E-state index is 11.0. The third-order valence-corrected chi connectivity index (χ3v) is 2.19. The molecular weight excluding hydrogens is 192 g/mol. The van der Waals surface area contributed by atoms with Crippen LogP contribution in [0.5, 0.6) is 0 Å². The number of nitrogens with one attached hydrogen (secondary N) is 2. The molecular formula is C11H14N2O2. The number of carbonyl (C=O) groups excluding carboxylic acids is 2. The van der Waals surface area contributed by atoms with Gasteiger partial charge >= 0.3 is 0 Å². The molecule has 0 aliphatic heterocycles. The number of anilines is 2. The lowest BCUT2D eigenvalue weighted by Gasteiger charge is -2.13. The van der Waals surface area contributed by atoms with Crippen LogP contribution in [0.2, 0.25) is 0 Å². The van der Waals surface area contributed by atoms with Crippen molar-refractivity contribution in [3.05, 3.63) is 23.3 Å². The van der Waals surface area contributed by atoms with Crippen molar-refractivity contribution in [1.82, 2.24) is 0 Å². The summed E-state index contributed by atoms with van der Waals surface area (Å²) in [6, 6.07) is 3.66. The van der Waals surface area contributed by atoms with Crippen LogP contribution in [0.4, 0.5) is 11.4 Å². The molecule has 1 aromatic carbocycles. The van der Waals surface area contributed by atoms with Gasteiger partial charge < -0.3 is 10.6 Å². The van der Waals surface area contributed by atoms with E-state index >= 15 is 0 Å². The van der Waals surface area contributed by atoms with Gasteiger partial charge in [-0.2, -0.15) is 0 Å². The van der Waals surface area contributed by atoms with E-state index in [1.807, 2.05) is 26.0 Å². The number of hydrogen-bond donors (Lipinski definition) is 2. The number of carbonyl (C=O) groups is 2. The molecule has 15 heavy (non-hydrogen) atoms. The Morgan fingerprint density at radius 1 is 1.33 bits per heavy atom. The second kappa shape index (κ2) is 4.59. The monoisotopic (exact) mass is 206 g/mol. The molecule has 0 unspecified atom stereocenters. The number of aryl methyl sites for hydroxylation is 1. The van der Waals surface area contributed by atoms with Gasteiger partial charge in [-0.1, -0.05) is 6.07 Å². The molecule has 0 saturated heterocycles. The van der Waals surface area contributed by atoms with E-state index < -0.39 is 0 Å². The lowest BCUT2D eigenvalue weighted by molar-refractivity contribution is -0.114. The Morgan fingerprint density at radius 3 is 2.53 bits per heavy atom. The maximum absolute atomic E-state index is 11.0. The predicted octanol–water partition coefficient (Wildman–Crippen LogP) is 1.83. The average Bonchev–Trinajstić information content (AvgIpc) is 2.17. The molecule has 0 heterocycles. The molecule has 0 bridgehead atoms. The molecule has 0 aromatic heterocycles. The first-order chi connectivity index (χ1) is 7.06. The lowest BCUT2D eigenvalue weighted by atomic mass is 10.1. The molecule has 0 aliphatic carbocycles. The molecule has 0 saturated carbocycles. The lowest BCUT2D eigenvalue weighted by Crippen LogP contribution is -2.10. The average molecular weight is 206 g/mol. The summed E-state index contributed by atoms with van der Waals surface area (Å²) in [5.41, 5.74) is 3.30. The summed E-state index contributed by atoms with van der Waals surface area (Å²) in [5, 5.41) is 5.33. The van der Waals surface area contributed by atoms with Crippen LogP contribution in [0.3, 0.4) is 0 Å². The van der Waals surface area contributed by atoms with E-state index in [-0.39, 0.29) is 5.91 Å². The molecule has 1 rings (SSSR count). The van der Waals surface area contributed by atoms with Gasteiger partial charge in [-0.25, -0.2) is 0 Å². The van der Waals surface area contributed by atoms with Crippen molar-refractivity contribution in [2.24, 2.45) is 0 Å². The fourth-order valence-electron chi connectivity index (χ4n) is 1.44. The van der Waals surface area contributed by atoms with Gasteiger partial charge in [0.15, 0.2) is 0 Å². The third kappa shape index (κ3) is 2.56. The minimum Gasteiger partial charge on any atom is -0.328 e. The fraction of sp³-hybridized carbons (Fsp3) is 0.273. The maximum Gasteiger partial charge on any atom is 0.221 e. The highest BCUT2D eigenvalue weighted by Crippen LogP contribution is 2.26. The second-order valence-corrected chi connectivity index (χ2v) is 3.37. The molecule has 0 atom stereocenters. The summed E-state index contributed by atoms with van der Waals surface area (Å²) < 4.78 is 0. The Balaban J connectivity index is 3.16. The van der Waals surface area contributed by atoms with Crippen LogP contribution in [0.1, 0.15) is 18.1 Å². The number of rotatable bonds is 3. The standard InChI is InChI=1S/C11H14N2O2/c1-7-4-5-10(12-6-14)8(2)11(7)13-9(3)15/h4-6H,1-3H3,(H,12,14)(H,13,15). The zero-order valence-corrected chi connectivity index (χ0v) is 9.05. The van der Waals surface area contributed by atoms with Gasteiger partial charge in [0.05, 0.1) is 0 Å². The fourth-order valence-corrected chi connectivity index (χ4v) is 1.44. The van der Waals surface area contributed by atoms with Crippen LogP contribution < -0.4 is 10.6 Å². The minimum absolute atomic E-state index is 0.121. The zero-order chi connectivity index (χ0) is 11.4. The van der Waals surface area contributed by atoms with Gasteiger partial charge in [0.2, 0.25) is 12.3 Å². The van der Waals surface area contributed by atoms with Crippen molar-refractivity contribution in [2.45, 2.75) is 20.8 Å². The van der Waals surface area contributed by atoms with Crippen LogP contribution in [0.25, 0.3) is 0 Å². The summed E-state index contributed by atoms with van der Waals surface area (Å²) >= 11 is 0. The first kappa shape index (κ1) is 11.2. The predicted molar refractivity (Wildman–Crippen MR) is 59.9 cm³/mol. The van der Waals surface area contributed by atoms with Crippen molar-refractivity contribution in [3.63, 3.8) is 0 Å². The first-order valence-corrected chi connectivity index (χ1v) is 4.64. The molecule has 4 nitrogen and oxygen atoms in total. The molecule has 0 spiro atoms. The van der Waals surface area contributed by atoms with E-state index in [0.29, 0.717) is 12.1 Å². The molecule has 1 aromatic rings. The Bertz CT molecular complexity index is 400. The second-order valence-electron chi connectivity index (χ2n) is 3.37. The van der Waals surface area contributed by atoms with Crippen LogP contribution in [-0.4, -0.2) is 12.3 Å². The normalized spacial score (nSPS) is 9.53. The van der Waals surface area contributed by atoms with E-state index in [0.717, 1.165) is 16.8 Å². The van der Waals surface area contributed by atoms with Gasteiger partial charge in [0.25, 0.3) is 0 Å². The van der Waals surface area contributed by atoms with E-state index in [1.165, 1.54) is 6.92 Å². The highest BCUT2D eigenvalue weighted by Gasteiger charge is 2.07. The topological polar surface area (TPSA) is 58.2 Å². The number of hydrogen-bond acceptors (Lipinski definition) is 2. The van der Waals surface area contributed by atoms with Gasteiger partial charge in [0, 0.05) is 18.3 Å². The van der Waals surface area contributed by atoms with Crippen molar-refractivity contribution in [3.8, 4) is 0 Å². The molecule has 0 aliphatic rings. The smallest absolute Gasteiger partial charge is 0.221 e. The van der Waals surface area contributed by atoms with Crippen LogP contribution in [-0.2, 0) is 9.59 Å². The molecule has 0 radical (unpaired) electrons. The molecule has 2 N–H and O–H groups in total. The highest BCUT2D eigenvalue weighted by atomic mass is 16.1. The zero-order valence-electron chi connectivity index (χ0n) is 9.05. The summed E-state index contributed by atoms with van der Waals surface area (Å²) in [7, 11) is 0. The Morgan fingerprint density at radius 2 is 2.00 bits per heavy atom. The van der Waals surface area contributed by atoms with Crippen molar-refractivity contribution < 1.29 is 9.59 Å². The van der Waals surface area contributed by atoms with Gasteiger partial charge in [-0.05, 0) is 31.0 Å². The summed E-state index contributed by atoms with van der Waals surface area (Å²) in [4.78, 5) is 21.3. The summed E-state index contributed by atoms with van der Waals surface area (Å²) in [6.45, 7) is 5.21. The molecule has 2 amide bonds. The van der Waals surface area contributed by atoms with E-state index in [2.05, 4.69) is 10.6 Å². The Labute approximate surface area is 88.7 Å². The molecule has 4 heteroatoms. The van der Waals surface area contributed by atoms with Gasteiger partial charge in [0.1, 0.15) is 0 Å². The highest BCUT2D eigenvalue weighted by molar-refractivity contribution is 5.92. The summed E-state index contributed by atoms with van der Waals surface area (Å²) in [6.07, 6.45) is 0.620. The Hall–Kier alpha value is -1.84. The van der Waals surface area contributed by atoms with Gasteiger partial charge in [-0.3, -0.25) is 9.59 Å². The largest absolute Gasteiger partial charge is 0.328 e. The van der Waals surface area contributed by atoms with Crippen LogP contribution in [0.15, 0.2) is 12.1 Å². The van der Waals surface area contributed by atoms with E-state index in [1.54, 1.807) is 0 Å². The van der Waals surface area contributed by atoms with E-state index in [4.69, 9.17) is 0 Å². The molecule has 0 fully saturated rings. The van der Waals surface area contributed by atoms with Crippen molar-refractivity contribution in [2.75, 3.05) is 10.6 Å². The number of benzene rings is 1.